The van der Waals surface area contributed by atoms with E-state index in [0.717, 1.165) is 16.0 Å². The molecule has 158 valence electrons. The minimum Gasteiger partial charge on any atom is -0.491 e. The molecule has 7 nitrogen and oxygen atoms in total. The Morgan fingerprint density at radius 3 is 2.30 bits per heavy atom. The molecule has 2 aromatic carbocycles. The average Bonchev–Trinajstić information content (AvgIpc) is 2.71. The number of halogens is 2. The minimum atomic E-state index is -3.75. The molecule has 1 aromatic heterocycles. The molecular formula is C20H19Cl2N3O4S. The van der Waals surface area contributed by atoms with Gasteiger partial charge in [-0.15, -0.1) is 0 Å². The zero-order chi connectivity index (χ0) is 21.9. The van der Waals surface area contributed by atoms with Gasteiger partial charge in [-0.25, -0.2) is 13.1 Å². The topological polar surface area (TPSA) is 90.3 Å². The van der Waals surface area contributed by atoms with Gasteiger partial charge in [-0.05, 0) is 55.8 Å². The van der Waals surface area contributed by atoms with Crippen molar-refractivity contribution in [2.45, 2.75) is 31.4 Å². The summed E-state index contributed by atoms with van der Waals surface area (Å²) >= 11 is 11.6. The summed E-state index contributed by atoms with van der Waals surface area (Å²) in [4.78, 5) is 12.2. The first-order valence-corrected chi connectivity index (χ1v) is 11.2. The summed E-state index contributed by atoms with van der Waals surface area (Å²) in [6, 6.07) is 12.9. The lowest BCUT2D eigenvalue weighted by atomic mass is 10.2. The number of hydrogen-bond acceptors (Lipinski definition) is 5. The van der Waals surface area contributed by atoms with E-state index in [2.05, 4.69) is 9.82 Å². The van der Waals surface area contributed by atoms with Gasteiger partial charge in [0, 0.05) is 6.54 Å². The Morgan fingerprint density at radius 1 is 1.07 bits per heavy atom. The number of ether oxygens (including phenoxy) is 1. The van der Waals surface area contributed by atoms with E-state index in [0.29, 0.717) is 5.69 Å². The van der Waals surface area contributed by atoms with E-state index < -0.39 is 15.6 Å². The van der Waals surface area contributed by atoms with Gasteiger partial charge in [-0.1, -0.05) is 35.3 Å². The highest BCUT2D eigenvalue weighted by Gasteiger charge is 2.15. The van der Waals surface area contributed by atoms with E-state index in [-0.39, 0.29) is 27.6 Å². The summed E-state index contributed by atoms with van der Waals surface area (Å²) in [6.07, 6.45) is 1.31. The van der Waals surface area contributed by atoms with Crippen molar-refractivity contribution in [1.82, 2.24) is 14.5 Å². The first-order valence-electron chi connectivity index (χ1n) is 8.96. The standard InChI is InChI=1S/C20H19Cl2N3O4S/c1-13(2)29-16-7-3-14(4-8-16)11-24-30(27,28)17-9-5-15(6-10-17)25-20(26)19(22)18(21)12-23-25/h3-10,12-13,24H,11H2,1-2H3. The molecule has 0 amide bonds. The molecule has 0 spiro atoms. The number of hydrogen-bond donors (Lipinski definition) is 1. The molecule has 30 heavy (non-hydrogen) atoms. The van der Waals surface area contributed by atoms with Crippen LogP contribution in [0.1, 0.15) is 19.4 Å². The SMILES string of the molecule is CC(C)Oc1ccc(CNS(=O)(=O)c2ccc(-n3ncc(Cl)c(Cl)c3=O)cc2)cc1. The van der Waals surface area contributed by atoms with Crippen LogP contribution < -0.4 is 15.0 Å². The van der Waals surface area contributed by atoms with Crippen molar-refractivity contribution in [3.63, 3.8) is 0 Å². The maximum atomic E-state index is 12.6. The third-order valence-electron chi connectivity index (χ3n) is 4.03. The van der Waals surface area contributed by atoms with Crippen LogP contribution in [0.2, 0.25) is 10.0 Å². The molecule has 3 aromatic rings. The van der Waals surface area contributed by atoms with Gasteiger partial charge in [0.25, 0.3) is 5.56 Å². The number of benzene rings is 2. The zero-order valence-electron chi connectivity index (χ0n) is 16.2. The van der Waals surface area contributed by atoms with Gasteiger partial charge in [0.15, 0.2) is 0 Å². The Hall–Kier alpha value is -2.39. The van der Waals surface area contributed by atoms with E-state index in [1.54, 1.807) is 24.3 Å². The summed E-state index contributed by atoms with van der Waals surface area (Å²) in [6.45, 7) is 3.99. The number of sulfonamides is 1. The van der Waals surface area contributed by atoms with Crippen molar-refractivity contribution < 1.29 is 13.2 Å². The molecule has 1 heterocycles. The smallest absolute Gasteiger partial charge is 0.291 e. The second kappa shape index (κ2) is 9.18. The lowest BCUT2D eigenvalue weighted by molar-refractivity contribution is 0.242. The van der Waals surface area contributed by atoms with Crippen molar-refractivity contribution in [2.24, 2.45) is 0 Å². The summed E-state index contributed by atoms with van der Waals surface area (Å²) in [7, 11) is -3.75. The third kappa shape index (κ3) is 5.20. The molecule has 0 atom stereocenters. The monoisotopic (exact) mass is 467 g/mol. The van der Waals surface area contributed by atoms with Crippen LogP contribution in [0.4, 0.5) is 0 Å². The van der Waals surface area contributed by atoms with Crippen LogP contribution in [0, 0.1) is 0 Å². The van der Waals surface area contributed by atoms with Gasteiger partial charge in [0.1, 0.15) is 10.8 Å². The fraction of sp³-hybridized carbons (Fsp3) is 0.200. The highest BCUT2D eigenvalue weighted by Crippen LogP contribution is 2.18. The Kier molecular flexibility index (Phi) is 6.82. The van der Waals surface area contributed by atoms with Crippen molar-refractivity contribution in [3.8, 4) is 11.4 Å². The summed E-state index contributed by atoms with van der Waals surface area (Å²) in [5.41, 5.74) is 0.555. The molecule has 0 fully saturated rings. The van der Waals surface area contributed by atoms with Gasteiger partial charge < -0.3 is 4.74 Å². The summed E-state index contributed by atoms with van der Waals surface area (Å²) < 4.78 is 34.3. The molecule has 0 saturated carbocycles. The van der Waals surface area contributed by atoms with Crippen LogP contribution in [-0.4, -0.2) is 24.3 Å². The number of rotatable bonds is 7. The van der Waals surface area contributed by atoms with Crippen molar-refractivity contribution in [2.75, 3.05) is 0 Å². The fourth-order valence-electron chi connectivity index (χ4n) is 2.58. The predicted molar refractivity (Wildman–Crippen MR) is 116 cm³/mol. The lowest BCUT2D eigenvalue weighted by Crippen LogP contribution is -2.24. The molecule has 0 aliphatic rings. The van der Waals surface area contributed by atoms with Gasteiger partial charge in [0.05, 0.1) is 27.9 Å². The van der Waals surface area contributed by atoms with Crippen LogP contribution in [0.15, 0.2) is 64.4 Å². The molecule has 0 bridgehead atoms. The Bertz CT molecular complexity index is 1190. The van der Waals surface area contributed by atoms with Crippen LogP contribution in [-0.2, 0) is 16.6 Å². The second-order valence-corrected chi connectivity index (χ2v) is 9.20. The second-order valence-electron chi connectivity index (χ2n) is 6.65. The van der Waals surface area contributed by atoms with Gasteiger partial charge >= 0.3 is 0 Å². The number of aromatic nitrogens is 2. The minimum absolute atomic E-state index is 0.0464. The average molecular weight is 468 g/mol. The summed E-state index contributed by atoms with van der Waals surface area (Å²) in [5, 5.41) is 3.80. The van der Waals surface area contributed by atoms with E-state index in [1.165, 1.54) is 30.5 Å². The zero-order valence-corrected chi connectivity index (χ0v) is 18.5. The largest absolute Gasteiger partial charge is 0.491 e. The van der Waals surface area contributed by atoms with Crippen LogP contribution in [0.25, 0.3) is 5.69 Å². The Balaban J connectivity index is 1.72. The van der Waals surface area contributed by atoms with Gasteiger partial charge in [-0.3, -0.25) is 4.79 Å². The van der Waals surface area contributed by atoms with Crippen LogP contribution in [0.3, 0.4) is 0 Å². The van der Waals surface area contributed by atoms with Crippen LogP contribution >= 0.6 is 23.2 Å². The van der Waals surface area contributed by atoms with E-state index in [1.807, 2.05) is 13.8 Å². The molecular weight excluding hydrogens is 449 g/mol. The maximum absolute atomic E-state index is 12.6. The Labute approximate surface area is 184 Å². The molecule has 10 heteroatoms. The lowest BCUT2D eigenvalue weighted by Gasteiger charge is -2.11. The normalized spacial score (nSPS) is 11.6. The fourth-order valence-corrected chi connectivity index (χ4v) is 3.85. The highest BCUT2D eigenvalue weighted by atomic mass is 35.5. The van der Waals surface area contributed by atoms with Crippen molar-refractivity contribution in [1.29, 1.82) is 0 Å². The third-order valence-corrected chi connectivity index (χ3v) is 6.20. The number of nitrogens with one attached hydrogen (secondary N) is 1. The highest BCUT2D eigenvalue weighted by molar-refractivity contribution is 7.89. The maximum Gasteiger partial charge on any atom is 0.291 e. The van der Waals surface area contributed by atoms with Crippen molar-refractivity contribution in [3.05, 3.63) is 80.7 Å². The molecule has 0 unspecified atom stereocenters. The van der Waals surface area contributed by atoms with E-state index in [4.69, 9.17) is 27.9 Å². The molecule has 1 N–H and O–H groups in total. The summed E-state index contributed by atoms with van der Waals surface area (Å²) in [5.74, 6) is 0.721. The quantitative estimate of drug-likeness (QED) is 0.570. The van der Waals surface area contributed by atoms with Crippen LogP contribution in [0.5, 0.6) is 5.75 Å². The number of nitrogens with zero attached hydrogens (tertiary/aromatic N) is 2. The Morgan fingerprint density at radius 2 is 1.70 bits per heavy atom. The predicted octanol–water partition coefficient (Wildman–Crippen LogP) is 3.81. The van der Waals surface area contributed by atoms with E-state index in [9.17, 15) is 13.2 Å². The molecule has 0 aliphatic heterocycles. The molecule has 0 radical (unpaired) electrons. The van der Waals surface area contributed by atoms with Gasteiger partial charge in [-0.2, -0.15) is 9.78 Å². The molecule has 3 rings (SSSR count). The molecule has 0 aliphatic carbocycles. The molecule has 0 saturated heterocycles. The first kappa shape index (κ1) is 22.3. The van der Waals surface area contributed by atoms with Gasteiger partial charge in [0.2, 0.25) is 10.0 Å². The van der Waals surface area contributed by atoms with Crippen molar-refractivity contribution >= 4 is 33.2 Å². The first-order chi connectivity index (χ1) is 14.2. The van der Waals surface area contributed by atoms with E-state index >= 15 is 0 Å².